The van der Waals surface area contributed by atoms with Gasteiger partial charge in [0.1, 0.15) is 0 Å². The third-order valence-corrected chi connectivity index (χ3v) is 11.8. The normalized spacial score (nSPS) is 48.6. The summed E-state index contributed by atoms with van der Waals surface area (Å²) in [5.74, 6) is 5.51. The van der Waals surface area contributed by atoms with Crippen LogP contribution in [0.4, 0.5) is 0 Å². The maximum Gasteiger partial charge on any atom is 0.0648 e. The molecule has 0 aromatic carbocycles. The van der Waals surface area contributed by atoms with Crippen molar-refractivity contribution in [3.63, 3.8) is 0 Å². The van der Waals surface area contributed by atoms with Crippen LogP contribution in [0, 0.1) is 51.8 Å². The molecule has 0 heterocycles. The Balaban J connectivity index is 1.45. The maximum absolute atomic E-state index is 11.0. The van der Waals surface area contributed by atoms with Crippen LogP contribution < -0.4 is 0 Å². The van der Waals surface area contributed by atoms with Crippen molar-refractivity contribution in [2.75, 3.05) is 0 Å². The topological polar surface area (TPSA) is 20.2 Å². The second-order valence-corrected chi connectivity index (χ2v) is 14.6. The molecule has 0 spiro atoms. The fraction of sp³-hybridized carbons (Fsp3) is 1.00. The van der Waals surface area contributed by atoms with E-state index in [1.54, 1.807) is 0 Å². The van der Waals surface area contributed by atoms with E-state index in [1.165, 1.54) is 64.2 Å². The highest BCUT2D eigenvalue weighted by Gasteiger charge is 2.61. The van der Waals surface area contributed by atoms with Crippen molar-refractivity contribution in [3.05, 3.63) is 0 Å². The van der Waals surface area contributed by atoms with E-state index in [9.17, 15) is 5.11 Å². The van der Waals surface area contributed by atoms with E-state index in [4.69, 9.17) is 0 Å². The quantitative estimate of drug-likeness (QED) is 0.462. The lowest BCUT2D eigenvalue weighted by Crippen LogP contribution is -2.56. The predicted octanol–water partition coefficient (Wildman–Crippen LogP) is 8.64. The summed E-state index contributed by atoms with van der Waals surface area (Å²) in [7, 11) is 0. The molecule has 4 fully saturated rings. The molecule has 0 radical (unpaired) electrons. The average Bonchev–Trinajstić information content (AvgIpc) is 3.05. The van der Waals surface area contributed by atoms with E-state index in [-0.39, 0.29) is 5.60 Å². The van der Waals surface area contributed by atoms with Gasteiger partial charge in [-0.3, -0.25) is 0 Å². The van der Waals surface area contributed by atoms with Gasteiger partial charge in [0.05, 0.1) is 5.60 Å². The molecule has 4 rings (SSSR count). The van der Waals surface area contributed by atoms with Crippen LogP contribution in [-0.4, -0.2) is 10.7 Å². The Morgan fingerprint density at radius 3 is 2.29 bits per heavy atom. The standard InChI is InChI=1S/C30H54O/c1-8-30(31)19-18-28(6)22(20-30)11-12-23-25-14-13-24(29(25,7)17-15-26(23)28)21(2)10-9-16-27(3,4)5/h21-26,31H,8-20H2,1-7H3/t21-,22+,23+,24-,25+,26+,28+,29-,30+/m1/s1. The summed E-state index contributed by atoms with van der Waals surface area (Å²) in [4.78, 5) is 0. The third kappa shape index (κ3) is 4.28. The zero-order valence-corrected chi connectivity index (χ0v) is 22.1. The Labute approximate surface area is 194 Å². The van der Waals surface area contributed by atoms with Gasteiger partial charge >= 0.3 is 0 Å². The van der Waals surface area contributed by atoms with Crippen LogP contribution >= 0.6 is 0 Å². The summed E-state index contributed by atoms with van der Waals surface area (Å²) < 4.78 is 0. The number of hydrogen-bond acceptors (Lipinski definition) is 1. The molecule has 0 bridgehead atoms. The molecule has 0 aromatic heterocycles. The first-order valence-corrected chi connectivity index (χ1v) is 14.1. The zero-order valence-electron chi connectivity index (χ0n) is 22.1. The Morgan fingerprint density at radius 1 is 0.903 bits per heavy atom. The zero-order chi connectivity index (χ0) is 22.7. The van der Waals surface area contributed by atoms with Crippen molar-refractivity contribution in [2.45, 2.75) is 138 Å². The maximum atomic E-state index is 11.0. The van der Waals surface area contributed by atoms with Crippen molar-refractivity contribution >= 4 is 0 Å². The highest BCUT2D eigenvalue weighted by molar-refractivity contribution is 5.10. The molecule has 1 heteroatoms. The third-order valence-electron chi connectivity index (χ3n) is 11.8. The second-order valence-electron chi connectivity index (χ2n) is 14.6. The summed E-state index contributed by atoms with van der Waals surface area (Å²) in [6.07, 6.45) is 17.4. The molecule has 1 nitrogen and oxygen atoms in total. The summed E-state index contributed by atoms with van der Waals surface area (Å²) in [5.41, 5.74) is 1.23. The highest BCUT2D eigenvalue weighted by atomic mass is 16.3. The number of fused-ring (bicyclic) bond motifs is 5. The van der Waals surface area contributed by atoms with E-state index in [0.29, 0.717) is 16.2 Å². The molecular weight excluding hydrogens is 376 g/mol. The van der Waals surface area contributed by atoms with Gasteiger partial charge in [-0.2, -0.15) is 0 Å². The van der Waals surface area contributed by atoms with Crippen LogP contribution in [0.2, 0.25) is 0 Å². The Hall–Kier alpha value is -0.0400. The smallest absolute Gasteiger partial charge is 0.0648 e. The highest BCUT2D eigenvalue weighted by Crippen LogP contribution is 2.69. The van der Waals surface area contributed by atoms with Gasteiger partial charge in [-0.1, -0.05) is 61.3 Å². The molecule has 1 N–H and O–H groups in total. The predicted molar refractivity (Wildman–Crippen MR) is 133 cm³/mol. The molecule has 0 saturated heterocycles. The van der Waals surface area contributed by atoms with E-state index in [1.807, 2.05) is 0 Å². The van der Waals surface area contributed by atoms with Crippen molar-refractivity contribution < 1.29 is 5.11 Å². The molecule has 9 atom stereocenters. The number of rotatable bonds is 5. The van der Waals surface area contributed by atoms with Gasteiger partial charge in [0, 0.05) is 0 Å². The first kappa shape index (κ1) is 24.1. The lowest BCUT2D eigenvalue weighted by atomic mass is 9.43. The molecule has 31 heavy (non-hydrogen) atoms. The van der Waals surface area contributed by atoms with Crippen LogP contribution in [0.15, 0.2) is 0 Å². The Morgan fingerprint density at radius 2 is 1.61 bits per heavy atom. The first-order chi connectivity index (χ1) is 14.4. The molecule has 0 amide bonds. The van der Waals surface area contributed by atoms with Gasteiger partial charge in [0.2, 0.25) is 0 Å². The fourth-order valence-corrected chi connectivity index (χ4v) is 9.77. The molecule has 0 aromatic rings. The summed E-state index contributed by atoms with van der Waals surface area (Å²) in [6.45, 7) is 17.4. The molecule has 180 valence electrons. The van der Waals surface area contributed by atoms with Crippen LogP contribution in [0.1, 0.15) is 132 Å². The summed E-state index contributed by atoms with van der Waals surface area (Å²) in [5, 5.41) is 11.0. The molecule has 4 aliphatic rings. The van der Waals surface area contributed by atoms with Gasteiger partial charge in [-0.05, 0) is 122 Å². The monoisotopic (exact) mass is 430 g/mol. The van der Waals surface area contributed by atoms with Gasteiger partial charge in [-0.25, -0.2) is 0 Å². The minimum atomic E-state index is -0.360. The van der Waals surface area contributed by atoms with Gasteiger partial charge in [0.15, 0.2) is 0 Å². The summed E-state index contributed by atoms with van der Waals surface area (Å²) >= 11 is 0. The molecule has 4 aliphatic carbocycles. The Bertz CT molecular complexity index is 633. The van der Waals surface area contributed by atoms with Crippen LogP contribution in [-0.2, 0) is 0 Å². The van der Waals surface area contributed by atoms with E-state index in [2.05, 4.69) is 48.5 Å². The average molecular weight is 431 g/mol. The van der Waals surface area contributed by atoms with E-state index < -0.39 is 0 Å². The SMILES string of the molecule is CC[C@]1(O)CC[C@@]2(C)[C@@H](CC[C@@H]3[C@@H]2CC[C@]2(C)[C@@H]([C@H](C)CCCC(C)(C)C)CC[C@@H]32)C1. The summed E-state index contributed by atoms with van der Waals surface area (Å²) in [6, 6.07) is 0. The number of aliphatic hydroxyl groups is 1. The van der Waals surface area contributed by atoms with Crippen molar-refractivity contribution in [3.8, 4) is 0 Å². The van der Waals surface area contributed by atoms with E-state index >= 15 is 0 Å². The lowest BCUT2D eigenvalue weighted by Gasteiger charge is -2.62. The first-order valence-electron chi connectivity index (χ1n) is 14.1. The molecule has 0 unspecified atom stereocenters. The van der Waals surface area contributed by atoms with E-state index in [0.717, 1.165) is 54.8 Å². The largest absolute Gasteiger partial charge is 0.390 e. The molecule has 4 saturated carbocycles. The van der Waals surface area contributed by atoms with Gasteiger partial charge in [0.25, 0.3) is 0 Å². The molecular formula is C30H54O. The minimum absolute atomic E-state index is 0.360. The lowest BCUT2D eigenvalue weighted by molar-refractivity contribution is -0.152. The fourth-order valence-electron chi connectivity index (χ4n) is 9.77. The second kappa shape index (κ2) is 8.32. The van der Waals surface area contributed by atoms with Crippen molar-refractivity contribution in [1.29, 1.82) is 0 Å². The molecule has 0 aliphatic heterocycles. The van der Waals surface area contributed by atoms with Crippen LogP contribution in [0.5, 0.6) is 0 Å². The van der Waals surface area contributed by atoms with Crippen molar-refractivity contribution in [1.82, 2.24) is 0 Å². The minimum Gasteiger partial charge on any atom is -0.390 e. The van der Waals surface area contributed by atoms with Crippen LogP contribution in [0.25, 0.3) is 0 Å². The van der Waals surface area contributed by atoms with Gasteiger partial charge in [-0.15, -0.1) is 0 Å². The van der Waals surface area contributed by atoms with Gasteiger partial charge < -0.3 is 5.11 Å². The van der Waals surface area contributed by atoms with Crippen LogP contribution in [0.3, 0.4) is 0 Å². The number of hydrogen-bond donors (Lipinski definition) is 1. The Kier molecular flexibility index (Phi) is 6.47. The van der Waals surface area contributed by atoms with Crippen molar-refractivity contribution in [2.24, 2.45) is 51.8 Å².